The van der Waals surface area contributed by atoms with E-state index in [4.69, 9.17) is 0 Å². The molecular formula is C24H24FN7O. The van der Waals surface area contributed by atoms with Crippen molar-refractivity contribution >= 4 is 11.6 Å². The van der Waals surface area contributed by atoms with Gasteiger partial charge in [-0.1, -0.05) is 12.1 Å². The summed E-state index contributed by atoms with van der Waals surface area (Å²) < 4.78 is 17.1. The van der Waals surface area contributed by atoms with E-state index in [1.165, 1.54) is 28.9 Å². The Kier molecular flexibility index (Phi) is 5.68. The maximum Gasteiger partial charge on any atom is 0.249 e. The van der Waals surface area contributed by atoms with Gasteiger partial charge in [0.1, 0.15) is 23.5 Å². The van der Waals surface area contributed by atoms with Crippen LogP contribution in [0.15, 0.2) is 54.7 Å². The van der Waals surface area contributed by atoms with Gasteiger partial charge in [0.15, 0.2) is 0 Å². The van der Waals surface area contributed by atoms with Crippen molar-refractivity contribution in [3.05, 3.63) is 77.6 Å². The largest absolute Gasteiger partial charge is 0.328 e. The van der Waals surface area contributed by atoms with Crippen LogP contribution in [0.2, 0.25) is 0 Å². The van der Waals surface area contributed by atoms with Gasteiger partial charge < -0.3 is 9.88 Å². The van der Waals surface area contributed by atoms with Gasteiger partial charge in [0.2, 0.25) is 5.91 Å². The highest BCUT2D eigenvalue weighted by Crippen LogP contribution is 2.26. The Morgan fingerprint density at radius 1 is 1.12 bits per heavy atom. The first kappa shape index (κ1) is 21.0. The summed E-state index contributed by atoms with van der Waals surface area (Å²) in [5, 5.41) is 14.5. The quantitative estimate of drug-likeness (QED) is 0.488. The highest BCUT2D eigenvalue weighted by molar-refractivity contribution is 5.94. The lowest BCUT2D eigenvalue weighted by atomic mass is 10.0. The molecule has 33 heavy (non-hydrogen) atoms. The number of rotatable bonds is 6. The molecule has 8 nitrogen and oxygen atoms in total. The molecule has 1 atom stereocenters. The summed E-state index contributed by atoms with van der Waals surface area (Å²) in [7, 11) is 0. The van der Waals surface area contributed by atoms with Crippen molar-refractivity contribution in [2.75, 3.05) is 5.32 Å². The topological polar surface area (TPSA) is 90.5 Å². The lowest BCUT2D eigenvalue weighted by Gasteiger charge is -2.18. The molecule has 0 fully saturated rings. The zero-order valence-electron chi connectivity index (χ0n) is 18.3. The molecule has 168 valence electrons. The van der Waals surface area contributed by atoms with Crippen LogP contribution in [0.4, 0.5) is 10.1 Å². The fraction of sp³-hybridized carbons (Fsp3) is 0.292. The van der Waals surface area contributed by atoms with Gasteiger partial charge in [-0.15, -0.1) is 5.10 Å². The van der Waals surface area contributed by atoms with Crippen LogP contribution in [0.3, 0.4) is 0 Å². The van der Waals surface area contributed by atoms with Crippen molar-refractivity contribution in [1.29, 1.82) is 0 Å². The van der Waals surface area contributed by atoms with E-state index in [0.29, 0.717) is 17.9 Å². The normalized spacial score (nSPS) is 14.0. The minimum atomic E-state index is -0.676. The van der Waals surface area contributed by atoms with E-state index < -0.39 is 6.04 Å². The molecule has 1 N–H and O–H groups in total. The molecular weight excluding hydrogens is 421 g/mol. The molecule has 0 spiro atoms. The third-order valence-corrected chi connectivity index (χ3v) is 6.01. The van der Waals surface area contributed by atoms with Crippen LogP contribution < -0.4 is 5.32 Å². The Bertz CT molecular complexity index is 1260. The molecule has 0 saturated carbocycles. The summed E-state index contributed by atoms with van der Waals surface area (Å²) in [5.74, 6) is 0.913. The number of carbonyl (C=O) groups is 1. The van der Waals surface area contributed by atoms with E-state index in [2.05, 4.69) is 30.4 Å². The molecule has 1 aliphatic rings. The monoisotopic (exact) mass is 445 g/mol. The first-order valence-corrected chi connectivity index (χ1v) is 11.0. The van der Waals surface area contributed by atoms with Gasteiger partial charge in [-0.3, -0.25) is 4.79 Å². The number of aromatic nitrogens is 6. The van der Waals surface area contributed by atoms with Crippen LogP contribution in [0, 0.1) is 12.7 Å². The van der Waals surface area contributed by atoms with Crippen LogP contribution in [-0.4, -0.2) is 35.7 Å². The lowest BCUT2D eigenvalue weighted by Crippen LogP contribution is -2.29. The van der Waals surface area contributed by atoms with E-state index in [-0.39, 0.29) is 11.7 Å². The van der Waals surface area contributed by atoms with E-state index in [1.54, 1.807) is 19.1 Å². The van der Waals surface area contributed by atoms with Gasteiger partial charge in [-0.2, -0.15) is 0 Å². The van der Waals surface area contributed by atoms with Crippen LogP contribution >= 0.6 is 0 Å². The van der Waals surface area contributed by atoms with Crippen LogP contribution in [0.25, 0.3) is 11.4 Å². The molecule has 1 amide bonds. The number of aryl methyl sites for hydroxylation is 2. The predicted molar refractivity (Wildman–Crippen MR) is 121 cm³/mol. The maximum absolute atomic E-state index is 13.3. The highest BCUT2D eigenvalue weighted by atomic mass is 19.1. The van der Waals surface area contributed by atoms with E-state index in [0.717, 1.165) is 36.3 Å². The van der Waals surface area contributed by atoms with Gasteiger partial charge in [-0.05, 0) is 78.6 Å². The molecule has 0 radical (unpaired) electrons. The van der Waals surface area contributed by atoms with Crippen molar-refractivity contribution in [3.63, 3.8) is 0 Å². The maximum atomic E-state index is 13.3. The standard InChI is InChI=1S/C24H24FN7O/c1-16-28-29-30-32(16)22(14-17-5-9-19(25)10-6-17)24(33)27-20-11-7-18(8-12-20)23-26-15-21-4-2-3-13-31(21)23/h5-12,15,22H,2-4,13-14H2,1H3,(H,27,33). The first-order valence-electron chi connectivity index (χ1n) is 11.0. The number of tetrazole rings is 1. The van der Waals surface area contributed by atoms with Crippen LogP contribution in [0.1, 0.15) is 36.0 Å². The summed E-state index contributed by atoms with van der Waals surface area (Å²) in [5.41, 5.74) is 3.77. The SMILES string of the molecule is Cc1nnnn1C(Cc1ccc(F)cc1)C(=O)Nc1ccc(-c2ncc3n2CCCC3)cc1. The number of nitrogens with zero attached hydrogens (tertiary/aromatic N) is 6. The smallest absolute Gasteiger partial charge is 0.249 e. The number of fused-ring (bicyclic) bond motifs is 1. The fourth-order valence-electron chi connectivity index (χ4n) is 4.25. The van der Waals surface area contributed by atoms with E-state index in [1.807, 2.05) is 30.5 Å². The van der Waals surface area contributed by atoms with Crippen molar-refractivity contribution in [3.8, 4) is 11.4 Å². The molecule has 0 aliphatic carbocycles. The third kappa shape index (κ3) is 4.39. The van der Waals surface area contributed by atoms with E-state index in [9.17, 15) is 9.18 Å². The van der Waals surface area contributed by atoms with Gasteiger partial charge in [0.05, 0.1) is 0 Å². The average molecular weight is 446 g/mol. The summed E-state index contributed by atoms with van der Waals surface area (Å²) in [6, 6.07) is 13.1. The Morgan fingerprint density at radius 3 is 2.64 bits per heavy atom. The van der Waals surface area contributed by atoms with Gasteiger partial charge >= 0.3 is 0 Å². The van der Waals surface area contributed by atoms with Crippen molar-refractivity contribution in [1.82, 2.24) is 29.8 Å². The summed E-state index contributed by atoms with van der Waals surface area (Å²) in [4.78, 5) is 17.8. The minimum Gasteiger partial charge on any atom is -0.328 e. The molecule has 0 bridgehead atoms. The van der Waals surface area contributed by atoms with E-state index >= 15 is 0 Å². The Labute approximate surface area is 190 Å². The van der Waals surface area contributed by atoms with Gasteiger partial charge in [-0.25, -0.2) is 14.1 Å². The second-order valence-electron chi connectivity index (χ2n) is 8.27. The molecule has 2 aromatic heterocycles. The molecule has 5 rings (SSSR count). The predicted octanol–water partition coefficient (Wildman–Crippen LogP) is 3.74. The highest BCUT2D eigenvalue weighted by Gasteiger charge is 2.24. The number of carbonyl (C=O) groups excluding carboxylic acids is 1. The second kappa shape index (κ2) is 8.93. The number of nitrogens with one attached hydrogen (secondary N) is 1. The first-order chi connectivity index (χ1) is 16.1. The van der Waals surface area contributed by atoms with Crippen LogP contribution in [-0.2, 0) is 24.2 Å². The molecule has 4 aromatic rings. The fourth-order valence-corrected chi connectivity index (χ4v) is 4.25. The average Bonchev–Trinajstić information content (AvgIpc) is 3.45. The van der Waals surface area contributed by atoms with Gasteiger partial charge in [0.25, 0.3) is 0 Å². The summed E-state index contributed by atoms with van der Waals surface area (Å²) in [6.45, 7) is 2.73. The minimum absolute atomic E-state index is 0.249. The summed E-state index contributed by atoms with van der Waals surface area (Å²) >= 11 is 0. The zero-order chi connectivity index (χ0) is 22.8. The Morgan fingerprint density at radius 2 is 1.91 bits per heavy atom. The third-order valence-electron chi connectivity index (χ3n) is 6.01. The molecule has 1 unspecified atom stereocenters. The molecule has 0 saturated heterocycles. The molecule has 1 aliphatic heterocycles. The number of hydrogen-bond donors (Lipinski definition) is 1. The number of hydrogen-bond acceptors (Lipinski definition) is 5. The Hall–Kier alpha value is -3.88. The molecule has 9 heteroatoms. The zero-order valence-corrected chi connectivity index (χ0v) is 18.3. The summed E-state index contributed by atoms with van der Waals surface area (Å²) in [6.07, 6.45) is 5.72. The lowest BCUT2D eigenvalue weighted by molar-refractivity contribution is -0.119. The molecule has 2 aromatic carbocycles. The Balaban J connectivity index is 1.35. The van der Waals surface area contributed by atoms with Crippen molar-refractivity contribution in [2.45, 2.75) is 45.2 Å². The van der Waals surface area contributed by atoms with Gasteiger partial charge in [0, 0.05) is 36.1 Å². The molecule has 3 heterocycles. The van der Waals surface area contributed by atoms with Crippen molar-refractivity contribution < 1.29 is 9.18 Å². The number of amides is 1. The number of halogens is 1. The van der Waals surface area contributed by atoms with Crippen molar-refractivity contribution in [2.24, 2.45) is 0 Å². The second-order valence-corrected chi connectivity index (χ2v) is 8.27. The van der Waals surface area contributed by atoms with Crippen LogP contribution in [0.5, 0.6) is 0 Å². The number of imidazole rings is 1. The number of anilines is 1. The number of benzene rings is 2.